The highest BCUT2D eigenvalue weighted by Gasteiger charge is 2.16. The molecule has 1 rings (SSSR count). The summed E-state index contributed by atoms with van der Waals surface area (Å²) in [4.78, 5) is 0. The van der Waals surface area contributed by atoms with Gasteiger partial charge in [-0.2, -0.15) is 0 Å². The highest BCUT2D eigenvalue weighted by molar-refractivity contribution is 7.91. The summed E-state index contributed by atoms with van der Waals surface area (Å²) >= 11 is 5.76. The van der Waals surface area contributed by atoms with Gasteiger partial charge in [-0.25, -0.2) is 8.42 Å². The van der Waals surface area contributed by atoms with Gasteiger partial charge in [0.15, 0.2) is 9.84 Å². The van der Waals surface area contributed by atoms with E-state index in [2.05, 4.69) is 0 Å². The fraction of sp³-hybridized carbons (Fsp3) is 0.571. The van der Waals surface area contributed by atoms with Crippen LogP contribution in [0.3, 0.4) is 0 Å². The van der Waals surface area contributed by atoms with E-state index in [0.717, 1.165) is 12.0 Å². The van der Waals surface area contributed by atoms with E-state index in [0.29, 0.717) is 18.1 Å². The molecular weight excluding hydrogens is 300 g/mol. The first-order valence-electron chi connectivity index (χ1n) is 6.63. The predicted molar refractivity (Wildman–Crippen MR) is 80.7 cm³/mol. The molecule has 4 nitrogen and oxygen atoms in total. The summed E-state index contributed by atoms with van der Waals surface area (Å²) in [5.74, 6) is -0.120. The summed E-state index contributed by atoms with van der Waals surface area (Å²) in [5.41, 5.74) is 0.926. The van der Waals surface area contributed by atoms with Crippen LogP contribution < -0.4 is 0 Å². The molecule has 0 radical (unpaired) electrons. The number of rotatable bonds is 9. The number of hydrogen-bond acceptors (Lipinski definition) is 4. The number of hydrogen-bond donors (Lipinski definition) is 1. The third kappa shape index (κ3) is 7.24. The van der Waals surface area contributed by atoms with Crippen molar-refractivity contribution in [1.82, 2.24) is 0 Å². The number of aliphatic hydroxyl groups is 1. The first-order chi connectivity index (χ1) is 9.43. The lowest BCUT2D eigenvalue weighted by Crippen LogP contribution is -2.27. The Balaban J connectivity index is 2.29. The topological polar surface area (TPSA) is 63.6 Å². The van der Waals surface area contributed by atoms with E-state index in [-0.39, 0.29) is 18.1 Å². The minimum atomic E-state index is -3.19. The van der Waals surface area contributed by atoms with Gasteiger partial charge in [0.25, 0.3) is 0 Å². The Morgan fingerprint density at radius 3 is 2.55 bits per heavy atom. The first kappa shape index (κ1) is 17.4. The number of halogens is 1. The van der Waals surface area contributed by atoms with Crippen LogP contribution in [0.2, 0.25) is 5.02 Å². The molecule has 0 saturated carbocycles. The minimum absolute atomic E-state index is 0.00792. The van der Waals surface area contributed by atoms with E-state index in [9.17, 15) is 13.5 Å². The van der Waals surface area contributed by atoms with Crippen molar-refractivity contribution in [3.8, 4) is 0 Å². The van der Waals surface area contributed by atoms with Crippen molar-refractivity contribution in [3.63, 3.8) is 0 Å². The molecule has 0 saturated heterocycles. The number of unbranched alkanes of at least 4 members (excludes halogenated alkanes) is 1. The maximum absolute atomic E-state index is 11.6. The minimum Gasteiger partial charge on any atom is -0.390 e. The van der Waals surface area contributed by atoms with Crippen LogP contribution in [0, 0.1) is 0 Å². The molecule has 0 unspecified atom stereocenters. The molecule has 0 aliphatic heterocycles. The molecule has 1 atom stereocenters. The molecule has 0 spiro atoms. The quantitative estimate of drug-likeness (QED) is 0.759. The van der Waals surface area contributed by atoms with Gasteiger partial charge in [0.1, 0.15) is 0 Å². The summed E-state index contributed by atoms with van der Waals surface area (Å²) in [7, 11) is -3.19. The fourth-order valence-corrected chi connectivity index (χ4v) is 3.39. The maximum Gasteiger partial charge on any atom is 0.152 e. The van der Waals surface area contributed by atoms with Crippen LogP contribution in [0.4, 0.5) is 0 Å². The second-order valence-electron chi connectivity index (χ2n) is 4.76. The second-order valence-corrected chi connectivity index (χ2v) is 7.43. The molecule has 114 valence electrons. The van der Waals surface area contributed by atoms with Gasteiger partial charge in [-0.15, -0.1) is 0 Å². The number of ether oxygens (including phenoxy) is 1. The van der Waals surface area contributed by atoms with Gasteiger partial charge < -0.3 is 9.84 Å². The Bertz CT molecular complexity index is 484. The van der Waals surface area contributed by atoms with Crippen molar-refractivity contribution in [2.75, 3.05) is 18.1 Å². The highest BCUT2D eigenvalue weighted by Crippen LogP contribution is 2.10. The van der Waals surface area contributed by atoms with Crippen LogP contribution >= 0.6 is 11.6 Å². The van der Waals surface area contributed by atoms with Crippen LogP contribution in [-0.2, 0) is 21.2 Å². The molecule has 0 fully saturated rings. The van der Waals surface area contributed by atoms with Crippen molar-refractivity contribution in [3.05, 3.63) is 34.9 Å². The zero-order valence-corrected chi connectivity index (χ0v) is 13.2. The smallest absolute Gasteiger partial charge is 0.152 e. The van der Waals surface area contributed by atoms with E-state index in [1.54, 1.807) is 12.1 Å². The number of sulfone groups is 1. The molecule has 6 heteroatoms. The van der Waals surface area contributed by atoms with Crippen LogP contribution in [0.15, 0.2) is 24.3 Å². The summed E-state index contributed by atoms with van der Waals surface area (Å²) in [5, 5.41) is 10.3. The summed E-state index contributed by atoms with van der Waals surface area (Å²) in [6.45, 7) is 2.26. The Kier molecular flexibility index (Phi) is 7.51. The average Bonchev–Trinajstić information content (AvgIpc) is 2.38. The Hall–Kier alpha value is -0.620. The molecule has 0 amide bonds. The Labute approximate surface area is 125 Å². The Morgan fingerprint density at radius 2 is 1.95 bits per heavy atom. The lowest BCUT2D eigenvalue weighted by molar-refractivity contribution is 0.0390. The largest absolute Gasteiger partial charge is 0.390 e. The molecule has 0 aliphatic carbocycles. The molecule has 0 bridgehead atoms. The van der Waals surface area contributed by atoms with E-state index in [1.165, 1.54) is 0 Å². The molecule has 1 aromatic rings. The van der Waals surface area contributed by atoms with Crippen LogP contribution in [-0.4, -0.2) is 37.7 Å². The van der Waals surface area contributed by atoms with Crippen molar-refractivity contribution in [2.24, 2.45) is 0 Å². The second kappa shape index (κ2) is 8.62. The first-order valence-corrected chi connectivity index (χ1v) is 8.83. The molecule has 0 aromatic heterocycles. The molecular formula is C14H21ClO4S. The fourth-order valence-electron chi connectivity index (χ4n) is 1.68. The third-order valence-electron chi connectivity index (χ3n) is 2.75. The van der Waals surface area contributed by atoms with Gasteiger partial charge in [-0.3, -0.25) is 0 Å². The summed E-state index contributed by atoms with van der Waals surface area (Å²) < 4.78 is 28.6. The van der Waals surface area contributed by atoms with Gasteiger partial charge >= 0.3 is 0 Å². The predicted octanol–water partition coefficient (Wildman–Crippen LogP) is 2.43. The van der Waals surface area contributed by atoms with E-state index in [1.807, 2.05) is 19.1 Å². The SMILES string of the molecule is CCCCS(=O)(=O)C[C@@H](O)COCc1ccc(Cl)cc1. The van der Waals surface area contributed by atoms with Crippen molar-refractivity contribution < 1.29 is 18.3 Å². The standard InChI is InChI=1S/C14H21ClO4S/c1-2-3-8-20(17,18)11-14(16)10-19-9-12-4-6-13(15)7-5-12/h4-7,14,16H,2-3,8-11H2,1H3/t14-/m0/s1. The summed E-state index contributed by atoms with van der Waals surface area (Å²) in [6.07, 6.45) is 0.465. The van der Waals surface area contributed by atoms with Crippen molar-refractivity contribution in [2.45, 2.75) is 32.5 Å². The number of aliphatic hydroxyl groups excluding tert-OH is 1. The van der Waals surface area contributed by atoms with Crippen molar-refractivity contribution >= 4 is 21.4 Å². The molecule has 0 aliphatic rings. The lowest BCUT2D eigenvalue weighted by atomic mass is 10.2. The molecule has 1 N–H and O–H groups in total. The van der Waals surface area contributed by atoms with Gasteiger partial charge in [0, 0.05) is 5.02 Å². The van der Waals surface area contributed by atoms with Gasteiger partial charge in [0.05, 0.1) is 30.8 Å². The van der Waals surface area contributed by atoms with E-state index in [4.69, 9.17) is 16.3 Å². The lowest BCUT2D eigenvalue weighted by Gasteiger charge is -2.12. The van der Waals surface area contributed by atoms with E-state index >= 15 is 0 Å². The average molecular weight is 321 g/mol. The van der Waals surface area contributed by atoms with Gasteiger partial charge in [-0.05, 0) is 24.1 Å². The summed E-state index contributed by atoms with van der Waals surface area (Å²) in [6, 6.07) is 7.16. The maximum atomic E-state index is 11.6. The van der Waals surface area contributed by atoms with Crippen LogP contribution in [0.5, 0.6) is 0 Å². The molecule has 1 aromatic carbocycles. The zero-order valence-electron chi connectivity index (χ0n) is 11.6. The Morgan fingerprint density at radius 1 is 1.30 bits per heavy atom. The molecule has 0 heterocycles. The van der Waals surface area contributed by atoms with Crippen LogP contribution in [0.25, 0.3) is 0 Å². The third-order valence-corrected chi connectivity index (χ3v) is 4.80. The van der Waals surface area contributed by atoms with Gasteiger partial charge in [-0.1, -0.05) is 37.1 Å². The van der Waals surface area contributed by atoms with Crippen molar-refractivity contribution in [1.29, 1.82) is 0 Å². The monoisotopic (exact) mass is 320 g/mol. The number of benzene rings is 1. The van der Waals surface area contributed by atoms with E-state index < -0.39 is 15.9 Å². The van der Waals surface area contributed by atoms with Gasteiger partial charge in [0.2, 0.25) is 0 Å². The normalized spacial score (nSPS) is 13.3. The molecule has 20 heavy (non-hydrogen) atoms. The zero-order chi connectivity index (χ0) is 15.0. The van der Waals surface area contributed by atoms with Crippen LogP contribution in [0.1, 0.15) is 25.3 Å². The highest BCUT2D eigenvalue weighted by atomic mass is 35.5.